The minimum Gasteiger partial charge on any atom is -0.455 e. The van der Waals surface area contributed by atoms with Crippen molar-refractivity contribution in [3.63, 3.8) is 0 Å². The molecule has 2 aliphatic rings. The number of rotatable bonds is 3. The van der Waals surface area contributed by atoms with Crippen molar-refractivity contribution in [2.75, 3.05) is 13.7 Å². The van der Waals surface area contributed by atoms with Gasteiger partial charge in [0.15, 0.2) is 18.5 Å². The molecule has 0 amide bonds. The van der Waals surface area contributed by atoms with Crippen LogP contribution in [0.1, 0.15) is 13.8 Å². The molecule has 0 aromatic heterocycles. The molecule has 0 aliphatic carbocycles. The highest BCUT2D eigenvalue weighted by Crippen LogP contribution is 2.32. The summed E-state index contributed by atoms with van der Waals surface area (Å²) in [5.74, 6) is -1.38. The molecule has 10 nitrogen and oxygen atoms in total. The predicted molar refractivity (Wildman–Crippen MR) is 66.5 cm³/mol. The van der Waals surface area contributed by atoms with Gasteiger partial charge >= 0.3 is 22.3 Å². The Morgan fingerprint density at radius 3 is 2.23 bits per heavy atom. The molecule has 0 spiro atoms. The van der Waals surface area contributed by atoms with Crippen LogP contribution >= 0.6 is 0 Å². The fraction of sp³-hybridized carbons (Fsp3) is 0.818. The van der Waals surface area contributed by atoms with Gasteiger partial charge in [0.2, 0.25) is 0 Å². The minimum atomic E-state index is -4.25. The van der Waals surface area contributed by atoms with Crippen LogP contribution in [0.3, 0.4) is 0 Å². The highest BCUT2D eigenvalue weighted by molar-refractivity contribution is 7.81. The second-order valence-electron chi connectivity index (χ2n) is 4.68. The summed E-state index contributed by atoms with van der Waals surface area (Å²) in [6, 6.07) is 0. The monoisotopic (exact) mass is 340 g/mol. The molecule has 0 aromatic rings. The van der Waals surface area contributed by atoms with E-state index in [0.717, 1.165) is 13.8 Å². The number of carbonyl (C=O) groups is 2. The normalized spacial score (nSPS) is 37.0. The van der Waals surface area contributed by atoms with Gasteiger partial charge in [-0.05, 0) is 0 Å². The van der Waals surface area contributed by atoms with E-state index in [4.69, 9.17) is 23.1 Å². The summed E-state index contributed by atoms with van der Waals surface area (Å²) in [5, 5.41) is 0. The maximum Gasteiger partial charge on any atom is 0.400 e. The lowest BCUT2D eigenvalue weighted by molar-refractivity contribution is -0.300. The topological polar surface area (TPSA) is 124 Å². The summed E-state index contributed by atoms with van der Waals surface area (Å²) in [4.78, 5) is 22.5. The second kappa shape index (κ2) is 6.46. The lowest BCUT2D eigenvalue weighted by atomic mass is 9.98. The van der Waals surface area contributed by atoms with E-state index in [1.165, 1.54) is 7.11 Å². The molecule has 126 valence electrons. The third kappa shape index (κ3) is 3.73. The van der Waals surface area contributed by atoms with Gasteiger partial charge in [-0.15, -0.1) is 0 Å². The number of ether oxygens (including phenoxy) is 4. The van der Waals surface area contributed by atoms with E-state index in [1.54, 1.807) is 0 Å². The quantitative estimate of drug-likeness (QED) is 0.583. The molecule has 2 aliphatic heterocycles. The number of hydrogen-bond donors (Lipinski definition) is 0. The van der Waals surface area contributed by atoms with Gasteiger partial charge in [-0.3, -0.25) is 9.59 Å². The van der Waals surface area contributed by atoms with Crippen molar-refractivity contribution < 1.29 is 45.3 Å². The zero-order valence-corrected chi connectivity index (χ0v) is 12.9. The molecule has 0 radical (unpaired) electrons. The number of methoxy groups -OCH3 is 1. The molecule has 0 bridgehead atoms. The highest BCUT2D eigenvalue weighted by atomic mass is 32.3. The molecular formula is C11H16O10S. The number of carbonyl (C=O) groups excluding carboxylic acids is 2. The summed E-state index contributed by atoms with van der Waals surface area (Å²) < 4.78 is 52.8. The summed E-state index contributed by atoms with van der Waals surface area (Å²) in [5.41, 5.74) is 0. The Hall–Kier alpha value is -1.27. The molecule has 0 N–H and O–H groups in total. The Balaban J connectivity index is 2.33. The van der Waals surface area contributed by atoms with Gasteiger partial charge in [-0.2, -0.15) is 8.42 Å². The molecule has 5 atom stereocenters. The summed E-state index contributed by atoms with van der Waals surface area (Å²) in [6.45, 7) is 1.94. The SMILES string of the molecule is CO[C@H]1O[C@@H]2COS(=O)(=O)O[C@H]2[C@H](OC(C)=O)[C@@H]1OC(C)=O. The summed E-state index contributed by atoms with van der Waals surface area (Å²) >= 11 is 0. The van der Waals surface area contributed by atoms with Gasteiger partial charge < -0.3 is 18.9 Å². The van der Waals surface area contributed by atoms with Gasteiger partial charge in [0.05, 0.1) is 6.61 Å². The molecule has 22 heavy (non-hydrogen) atoms. The number of fused-ring (bicyclic) bond motifs is 1. The molecule has 0 saturated carbocycles. The average Bonchev–Trinajstić information content (AvgIpc) is 2.40. The molecular weight excluding hydrogens is 324 g/mol. The van der Waals surface area contributed by atoms with Crippen LogP contribution < -0.4 is 0 Å². The van der Waals surface area contributed by atoms with E-state index in [2.05, 4.69) is 4.18 Å². The van der Waals surface area contributed by atoms with Crippen molar-refractivity contribution in [3.8, 4) is 0 Å². The van der Waals surface area contributed by atoms with E-state index >= 15 is 0 Å². The fourth-order valence-corrected chi connectivity index (χ4v) is 3.14. The first kappa shape index (κ1) is 17.1. The smallest absolute Gasteiger partial charge is 0.400 e. The Kier molecular flexibility index (Phi) is 5.02. The zero-order valence-electron chi connectivity index (χ0n) is 12.1. The van der Waals surface area contributed by atoms with Crippen LogP contribution in [0.4, 0.5) is 0 Å². The van der Waals surface area contributed by atoms with E-state index in [9.17, 15) is 18.0 Å². The van der Waals surface area contributed by atoms with Crippen LogP contribution in [0.5, 0.6) is 0 Å². The molecule has 2 heterocycles. The average molecular weight is 340 g/mol. The van der Waals surface area contributed by atoms with Gasteiger partial charge in [-0.1, -0.05) is 0 Å². The second-order valence-corrected chi connectivity index (χ2v) is 5.92. The first-order valence-corrected chi connectivity index (χ1v) is 7.67. The van der Waals surface area contributed by atoms with Crippen molar-refractivity contribution in [3.05, 3.63) is 0 Å². The third-order valence-corrected chi connectivity index (χ3v) is 3.92. The maximum atomic E-state index is 11.4. The summed E-state index contributed by atoms with van der Waals surface area (Å²) in [7, 11) is -2.95. The van der Waals surface area contributed by atoms with Crippen LogP contribution in [-0.2, 0) is 47.3 Å². The van der Waals surface area contributed by atoms with Crippen LogP contribution in [0.25, 0.3) is 0 Å². The van der Waals surface area contributed by atoms with Crippen molar-refractivity contribution in [1.29, 1.82) is 0 Å². The van der Waals surface area contributed by atoms with Crippen molar-refractivity contribution in [1.82, 2.24) is 0 Å². The standard InChI is InChI=1S/C11H16O10S/c1-5(12)18-9-8-7(4-17-22(14,15)21-8)20-11(16-3)10(9)19-6(2)13/h7-11H,4H2,1-3H3/t7-,8-,9+,10+,11+/m1/s1. The Labute approximate surface area is 126 Å². The van der Waals surface area contributed by atoms with E-state index in [1.807, 2.05) is 0 Å². The van der Waals surface area contributed by atoms with Crippen LogP contribution in [-0.4, -0.2) is 64.8 Å². The molecule has 0 aromatic carbocycles. The van der Waals surface area contributed by atoms with Gasteiger partial charge in [0.25, 0.3) is 0 Å². The van der Waals surface area contributed by atoms with Crippen LogP contribution in [0, 0.1) is 0 Å². The van der Waals surface area contributed by atoms with Crippen molar-refractivity contribution >= 4 is 22.3 Å². The van der Waals surface area contributed by atoms with E-state index in [0.29, 0.717) is 0 Å². The minimum absolute atomic E-state index is 0.336. The molecule has 0 unspecified atom stereocenters. The first-order valence-electron chi connectivity index (χ1n) is 6.34. The van der Waals surface area contributed by atoms with Crippen molar-refractivity contribution in [2.24, 2.45) is 0 Å². The lowest BCUT2D eigenvalue weighted by Gasteiger charge is -2.45. The maximum absolute atomic E-state index is 11.4. The summed E-state index contributed by atoms with van der Waals surface area (Å²) in [6.07, 6.45) is -5.55. The van der Waals surface area contributed by atoms with Gasteiger partial charge in [0, 0.05) is 21.0 Å². The van der Waals surface area contributed by atoms with E-state index < -0.39 is 53.0 Å². The third-order valence-electron chi connectivity index (χ3n) is 3.03. The first-order chi connectivity index (χ1) is 10.2. The highest BCUT2D eigenvalue weighted by Gasteiger charge is 2.54. The Morgan fingerprint density at radius 2 is 1.68 bits per heavy atom. The molecule has 11 heteroatoms. The fourth-order valence-electron chi connectivity index (χ4n) is 2.28. The zero-order chi connectivity index (χ0) is 16.5. The Morgan fingerprint density at radius 1 is 1.09 bits per heavy atom. The van der Waals surface area contributed by atoms with Crippen LogP contribution in [0.2, 0.25) is 0 Å². The number of esters is 2. The molecule has 2 rings (SSSR count). The molecule has 2 fully saturated rings. The lowest BCUT2D eigenvalue weighted by Crippen LogP contribution is -2.64. The van der Waals surface area contributed by atoms with Crippen molar-refractivity contribution in [2.45, 2.75) is 44.6 Å². The van der Waals surface area contributed by atoms with E-state index in [-0.39, 0.29) is 6.61 Å². The predicted octanol–water partition coefficient (Wildman–Crippen LogP) is -1.12. The molecule has 2 saturated heterocycles. The van der Waals surface area contributed by atoms with Gasteiger partial charge in [-0.25, -0.2) is 8.37 Å². The Bertz CT molecular complexity index is 543. The number of hydrogen-bond acceptors (Lipinski definition) is 10. The van der Waals surface area contributed by atoms with Crippen LogP contribution in [0.15, 0.2) is 0 Å². The largest absolute Gasteiger partial charge is 0.455 e. The van der Waals surface area contributed by atoms with Gasteiger partial charge in [0.1, 0.15) is 12.2 Å².